The van der Waals surface area contributed by atoms with Gasteiger partial charge in [0, 0.05) is 12.6 Å². The van der Waals surface area contributed by atoms with Crippen LogP contribution >= 0.6 is 0 Å². The maximum absolute atomic E-state index is 12.3. The summed E-state index contributed by atoms with van der Waals surface area (Å²) in [6, 6.07) is 4.82. The molecule has 170 valence electrons. The number of nitrogens with zero attached hydrogens (tertiary/aromatic N) is 4. The van der Waals surface area contributed by atoms with Gasteiger partial charge in [-0.15, -0.1) is 18.3 Å². The van der Waals surface area contributed by atoms with Crippen LogP contribution in [-0.4, -0.2) is 59.9 Å². The van der Waals surface area contributed by atoms with Gasteiger partial charge >= 0.3 is 12.1 Å². The number of H-pyrrole nitrogens is 1. The Hall–Kier alpha value is -3.49. The molecule has 11 nitrogen and oxygen atoms in total. The fourth-order valence-electron chi connectivity index (χ4n) is 3.25. The van der Waals surface area contributed by atoms with Gasteiger partial charge in [-0.1, -0.05) is 5.21 Å². The number of halogens is 3. The normalized spacial score (nSPS) is 21.1. The van der Waals surface area contributed by atoms with Crippen LogP contribution in [0.25, 0.3) is 16.9 Å². The molecule has 3 aromatic rings. The smallest absolute Gasteiger partial charge is 0.406 e. The minimum atomic E-state index is -4.82. The number of aromatic nitrogens is 5. The molecule has 3 atom stereocenters. The van der Waals surface area contributed by atoms with Crippen molar-refractivity contribution in [3.8, 4) is 22.7 Å². The molecule has 3 N–H and O–H groups in total. The van der Waals surface area contributed by atoms with Crippen molar-refractivity contribution in [2.45, 2.75) is 31.2 Å². The lowest BCUT2D eigenvalue weighted by Crippen LogP contribution is -2.33. The van der Waals surface area contributed by atoms with Gasteiger partial charge < -0.3 is 19.7 Å². The fraction of sp³-hybridized carbons (Fsp3) is 0.333. The Bertz CT molecular complexity index is 1220. The minimum absolute atomic E-state index is 0.0235. The summed E-state index contributed by atoms with van der Waals surface area (Å²) < 4.78 is 48.4. The van der Waals surface area contributed by atoms with Crippen molar-refractivity contribution in [2.75, 3.05) is 6.61 Å². The van der Waals surface area contributed by atoms with Crippen molar-refractivity contribution in [1.82, 2.24) is 24.5 Å². The van der Waals surface area contributed by atoms with Crippen LogP contribution in [-0.2, 0) is 4.74 Å². The Morgan fingerprint density at radius 1 is 1.22 bits per heavy atom. The Kier molecular flexibility index (Phi) is 5.58. The van der Waals surface area contributed by atoms with Crippen LogP contribution in [0.4, 0.5) is 13.2 Å². The molecule has 4 rings (SSSR count). The van der Waals surface area contributed by atoms with E-state index in [0.29, 0.717) is 5.69 Å². The highest BCUT2D eigenvalue weighted by Gasteiger charge is 2.35. The third-order valence-electron chi connectivity index (χ3n) is 4.77. The van der Waals surface area contributed by atoms with Gasteiger partial charge in [0.15, 0.2) is 0 Å². The number of aliphatic hydroxyl groups is 2. The van der Waals surface area contributed by atoms with Crippen molar-refractivity contribution in [3.05, 3.63) is 57.5 Å². The van der Waals surface area contributed by atoms with Gasteiger partial charge in [-0.05, 0) is 24.3 Å². The van der Waals surface area contributed by atoms with E-state index < -0.39 is 48.4 Å². The summed E-state index contributed by atoms with van der Waals surface area (Å²) in [7, 11) is 0. The topological polar surface area (TPSA) is 144 Å². The van der Waals surface area contributed by atoms with E-state index in [9.17, 15) is 33.0 Å². The summed E-state index contributed by atoms with van der Waals surface area (Å²) in [5, 5.41) is 26.9. The van der Waals surface area contributed by atoms with Crippen molar-refractivity contribution < 1.29 is 32.9 Å². The summed E-state index contributed by atoms with van der Waals surface area (Å²) >= 11 is 0. The highest BCUT2D eigenvalue weighted by atomic mass is 19.4. The second kappa shape index (κ2) is 8.22. The molecule has 14 heteroatoms. The van der Waals surface area contributed by atoms with Gasteiger partial charge in [0.05, 0.1) is 30.2 Å². The maximum Gasteiger partial charge on any atom is 0.573 e. The first-order valence-corrected chi connectivity index (χ1v) is 9.23. The molecule has 1 aliphatic rings. The van der Waals surface area contributed by atoms with E-state index >= 15 is 0 Å². The predicted octanol–water partition coefficient (Wildman–Crippen LogP) is 0.324. The zero-order chi connectivity index (χ0) is 23.0. The van der Waals surface area contributed by atoms with Crippen LogP contribution in [0.15, 0.2) is 46.2 Å². The van der Waals surface area contributed by atoms with Gasteiger partial charge in [-0.2, -0.15) is 0 Å². The number of rotatable bonds is 5. The lowest BCUT2D eigenvalue weighted by molar-refractivity contribution is -0.274. The summed E-state index contributed by atoms with van der Waals surface area (Å²) in [4.78, 5) is 26.7. The zero-order valence-electron chi connectivity index (χ0n) is 16.1. The van der Waals surface area contributed by atoms with E-state index in [1.807, 2.05) is 0 Å². The molecule has 0 unspecified atom stereocenters. The van der Waals surface area contributed by atoms with Crippen molar-refractivity contribution in [2.24, 2.45) is 0 Å². The number of ether oxygens (including phenoxy) is 2. The first kappa shape index (κ1) is 21.7. The summed E-state index contributed by atoms with van der Waals surface area (Å²) in [5.41, 5.74) is -1.13. The van der Waals surface area contributed by atoms with Gasteiger partial charge in [0.1, 0.15) is 23.8 Å². The van der Waals surface area contributed by atoms with Gasteiger partial charge in [-0.3, -0.25) is 14.3 Å². The molecular formula is C18H16F3N5O6. The van der Waals surface area contributed by atoms with E-state index in [0.717, 1.165) is 16.7 Å². The van der Waals surface area contributed by atoms with Crippen LogP contribution in [0.2, 0.25) is 0 Å². The first-order valence-electron chi connectivity index (χ1n) is 9.23. The quantitative estimate of drug-likeness (QED) is 0.499. The zero-order valence-corrected chi connectivity index (χ0v) is 16.1. The summed E-state index contributed by atoms with van der Waals surface area (Å²) in [6.07, 6.45) is -5.02. The lowest BCUT2D eigenvalue weighted by atomic mass is 10.2. The van der Waals surface area contributed by atoms with Gasteiger partial charge in [0.25, 0.3) is 5.56 Å². The first-order chi connectivity index (χ1) is 15.1. The molecular weight excluding hydrogens is 439 g/mol. The molecule has 0 aliphatic carbocycles. The Balaban J connectivity index is 1.62. The van der Waals surface area contributed by atoms with Crippen LogP contribution in [0, 0.1) is 0 Å². The van der Waals surface area contributed by atoms with Crippen molar-refractivity contribution >= 4 is 0 Å². The van der Waals surface area contributed by atoms with Crippen molar-refractivity contribution in [1.29, 1.82) is 0 Å². The van der Waals surface area contributed by atoms with Crippen LogP contribution < -0.4 is 16.0 Å². The van der Waals surface area contributed by atoms with Gasteiger partial charge in [-0.25, -0.2) is 9.48 Å². The second-order valence-corrected chi connectivity index (χ2v) is 6.91. The number of hydrogen-bond acceptors (Lipinski definition) is 8. The number of aromatic amines is 1. The third kappa shape index (κ3) is 4.42. The number of aliphatic hydroxyl groups excluding tert-OH is 2. The van der Waals surface area contributed by atoms with Crippen molar-refractivity contribution in [3.63, 3.8) is 0 Å². The van der Waals surface area contributed by atoms with E-state index in [1.54, 1.807) is 0 Å². The number of nitrogens with one attached hydrogen (secondary N) is 1. The molecule has 1 aromatic carbocycles. The molecule has 1 fully saturated rings. The highest BCUT2D eigenvalue weighted by Crippen LogP contribution is 2.28. The Morgan fingerprint density at radius 3 is 2.56 bits per heavy atom. The minimum Gasteiger partial charge on any atom is -0.406 e. The molecule has 3 heterocycles. The number of hydrogen-bond donors (Lipinski definition) is 3. The van der Waals surface area contributed by atoms with Crippen LogP contribution in [0.1, 0.15) is 12.6 Å². The molecule has 0 radical (unpaired) electrons. The predicted molar refractivity (Wildman–Crippen MR) is 100.0 cm³/mol. The average Bonchev–Trinajstić information content (AvgIpc) is 3.34. The maximum atomic E-state index is 12.3. The molecule has 1 aliphatic heterocycles. The highest BCUT2D eigenvalue weighted by molar-refractivity contribution is 5.55. The largest absolute Gasteiger partial charge is 0.573 e. The molecule has 2 aromatic heterocycles. The van der Waals surface area contributed by atoms with Gasteiger partial charge in [0.2, 0.25) is 0 Å². The Morgan fingerprint density at radius 2 is 1.94 bits per heavy atom. The van der Waals surface area contributed by atoms with E-state index in [2.05, 4.69) is 20.0 Å². The molecule has 0 saturated carbocycles. The summed E-state index contributed by atoms with van der Waals surface area (Å²) in [6.45, 7) is -0.441. The lowest BCUT2D eigenvalue weighted by Gasteiger charge is -2.14. The molecule has 0 spiro atoms. The number of benzene rings is 1. The second-order valence-electron chi connectivity index (χ2n) is 6.91. The Labute approximate surface area is 176 Å². The standard InChI is InChI=1S/C18H16F3N5O6/c19-18(20,21)32-10-3-1-9(2-4-10)26-7-12(23-24-26)11-6-25(17(30)22-16(11)29)15-5-13(28)14(8-27)31-15/h1-4,6-7,13-15,27-28H,5,8H2,(H,22,29,30)/t13-,14+,15+/m0/s1. The molecule has 0 amide bonds. The average molecular weight is 455 g/mol. The van der Waals surface area contributed by atoms with Crippen LogP contribution in [0.3, 0.4) is 0 Å². The molecule has 1 saturated heterocycles. The molecule has 32 heavy (non-hydrogen) atoms. The SMILES string of the molecule is O=c1[nH]c(=O)n([C@H]2C[C@H](O)[C@@H](CO)O2)cc1-c1cn(-c2ccc(OC(F)(F)F)cc2)nn1. The van der Waals surface area contributed by atoms with E-state index in [-0.39, 0.29) is 17.7 Å². The molecule has 0 bridgehead atoms. The fourth-order valence-corrected chi connectivity index (χ4v) is 3.25. The summed E-state index contributed by atoms with van der Waals surface area (Å²) in [5.74, 6) is -0.412. The van der Waals surface area contributed by atoms with Crippen LogP contribution in [0.5, 0.6) is 5.75 Å². The van der Waals surface area contributed by atoms with E-state index in [1.165, 1.54) is 29.2 Å². The monoisotopic (exact) mass is 455 g/mol. The third-order valence-corrected chi connectivity index (χ3v) is 4.77. The van der Waals surface area contributed by atoms with E-state index in [4.69, 9.17) is 4.74 Å². The number of alkyl halides is 3.